The van der Waals surface area contributed by atoms with Gasteiger partial charge in [0.2, 0.25) is 11.8 Å². The first-order chi connectivity index (χ1) is 23.8. The maximum Gasteiger partial charge on any atom is 0.490 e. The largest absolute Gasteiger partial charge is 0.490 e. The van der Waals surface area contributed by atoms with E-state index in [2.05, 4.69) is 20.9 Å². The highest BCUT2D eigenvalue weighted by molar-refractivity contribution is 6.25. The summed E-state index contributed by atoms with van der Waals surface area (Å²) >= 11 is 0. The number of rotatable bonds is 19. The Morgan fingerprint density at radius 3 is 2.10 bits per heavy atom. The minimum absolute atomic E-state index is 0.0303. The molecule has 2 aliphatic heterocycles. The van der Waals surface area contributed by atoms with Crippen molar-refractivity contribution in [1.82, 2.24) is 25.2 Å². The van der Waals surface area contributed by atoms with Crippen LogP contribution >= 0.6 is 0 Å². The molecular weight excluding hydrogens is 681 g/mol. The molecule has 0 spiro atoms. The lowest BCUT2D eigenvalue weighted by Gasteiger charge is -2.27. The number of nitrogens with zero attached hydrogens (tertiary/aromatic N) is 4. The maximum atomic E-state index is 13.2. The van der Waals surface area contributed by atoms with Gasteiger partial charge in [0.25, 0.3) is 11.8 Å². The Morgan fingerprint density at radius 2 is 1.52 bits per heavy atom. The van der Waals surface area contributed by atoms with Gasteiger partial charge in [0, 0.05) is 12.1 Å². The van der Waals surface area contributed by atoms with E-state index < -0.39 is 47.8 Å². The molecule has 18 nitrogen and oxygen atoms in total. The van der Waals surface area contributed by atoms with Crippen LogP contribution in [0.4, 0.5) is 18.9 Å². The molecule has 0 bridgehead atoms. The monoisotopic (exact) mass is 716 g/mol. The zero-order valence-electron chi connectivity index (χ0n) is 26.5. The highest BCUT2D eigenvalue weighted by Gasteiger charge is 2.45. The van der Waals surface area contributed by atoms with E-state index in [1.54, 1.807) is 23.0 Å². The summed E-state index contributed by atoms with van der Waals surface area (Å²) in [6, 6.07) is 3.82. The van der Waals surface area contributed by atoms with E-state index in [9.17, 15) is 37.1 Å². The van der Waals surface area contributed by atoms with Crippen LogP contribution < -0.4 is 10.6 Å². The van der Waals surface area contributed by atoms with Crippen LogP contribution in [0.2, 0.25) is 0 Å². The number of carbonyl (C=O) groups is 6. The van der Waals surface area contributed by atoms with Gasteiger partial charge in [-0.2, -0.15) is 13.2 Å². The van der Waals surface area contributed by atoms with Crippen molar-refractivity contribution in [3.05, 3.63) is 41.2 Å². The minimum Gasteiger partial charge on any atom is -0.481 e. The van der Waals surface area contributed by atoms with Crippen molar-refractivity contribution in [2.75, 3.05) is 58.2 Å². The minimum atomic E-state index is -5.08. The van der Waals surface area contributed by atoms with Crippen molar-refractivity contribution in [3.63, 3.8) is 0 Å². The third kappa shape index (κ3) is 12.2. The third-order valence-corrected chi connectivity index (χ3v) is 6.80. The molecule has 4 rings (SSSR count). The van der Waals surface area contributed by atoms with Gasteiger partial charge in [-0.05, 0) is 18.6 Å². The number of aliphatic carboxylic acids is 2. The van der Waals surface area contributed by atoms with Gasteiger partial charge in [0.15, 0.2) is 0 Å². The molecule has 21 heteroatoms. The lowest BCUT2D eigenvalue weighted by Crippen LogP contribution is -2.54. The Kier molecular flexibility index (Phi) is 15.2. The van der Waals surface area contributed by atoms with E-state index in [-0.39, 0.29) is 43.5 Å². The van der Waals surface area contributed by atoms with Gasteiger partial charge < -0.3 is 34.5 Å². The molecule has 4 amide bonds. The second-order valence-electron chi connectivity index (χ2n) is 10.4. The molecular formula is C29H35F3N6O12. The van der Waals surface area contributed by atoms with Crippen LogP contribution in [0, 0.1) is 0 Å². The summed E-state index contributed by atoms with van der Waals surface area (Å²) in [6.45, 7) is 3.53. The number of aromatic nitrogens is 3. The van der Waals surface area contributed by atoms with Crippen molar-refractivity contribution in [2.24, 2.45) is 0 Å². The number of fused-ring (bicyclic) bond motifs is 1. The van der Waals surface area contributed by atoms with Crippen molar-refractivity contribution in [3.8, 4) is 0 Å². The second kappa shape index (κ2) is 19.3. The highest BCUT2D eigenvalue weighted by atomic mass is 19.4. The van der Waals surface area contributed by atoms with E-state index in [1.807, 2.05) is 0 Å². The summed E-state index contributed by atoms with van der Waals surface area (Å²) < 4.78 is 54.8. The number of imide groups is 2. The molecule has 0 saturated carbocycles. The number of halogens is 3. The SMILES string of the molecule is O=C(O)C(F)(F)F.O=C(O)CCOCCOCCOCCOCCn1cc(CNc2cccc3c2C(=O)N(C2CCC(=O)NC2=O)C3=O)nn1. The number of alkyl halides is 3. The van der Waals surface area contributed by atoms with Gasteiger partial charge in [-0.1, -0.05) is 11.3 Å². The van der Waals surface area contributed by atoms with E-state index in [0.29, 0.717) is 64.2 Å². The molecule has 1 fully saturated rings. The van der Waals surface area contributed by atoms with Crippen molar-refractivity contribution < 1.29 is 71.1 Å². The highest BCUT2D eigenvalue weighted by Crippen LogP contribution is 2.32. The number of ether oxygens (including phenoxy) is 4. The standard InChI is InChI=1S/C27H34N6O10.C2HF3O2/c34-22-5-4-21(25(37)29-22)33-26(38)19-2-1-3-20(24(19)27(33)39)28-16-18-17-32(31-30-18)7-9-41-11-13-43-15-14-42-12-10-40-8-6-23(35)36;3-2(4,5)1(6)7/h1-3,17,21,28H,4-16H2,(H,35,36)(H,29,34,37);(H,6,7). The van der Waals surface area contributed by atoms with Crippen LogP contribution in [0.5, 0.6) is 0 Å². The predicted octanol–water partition coefficient (Wildman–Crippen LogP) is 0.466. The quantitative estimate of drug-likeness (QED) is 0.114. The lowest BCUT2D eigenvalue weighted by molar-refractivity contribution is -0.192. The fourth-order valence-corrected chi connectivity index (χ4v) is 4.46. The Labute approximate surface area is 281 Å². The second-order valence-corrected chi connectivity index (χ2v) is 10.4. The first kappa shape index (κ1) is 39.4. The number of amides is 4. The molecule has 1 aromatic carbocycles. The number of hydrogen-bond donors (Lipinski definition) is 4. The molecule has 3 heterocycles. The maximum absolute atomic E-state index is 13.2. The van der Waals surface area contributed by atoms with E-state index in [0.717, 1.165) is 4.90 Å². The zero-order chi connectivity index (χ0) is 36.7. The summed E-state index contributed by atoms with van der Waals surface area (Å²) in [5, 5.41) is 29.2. The molecule has 50 heavy (non-hydrogen) atoms. The number of carbonyl (C=O) groups excluding carboxylic acids is 4. The van der Waals surface area contributed by atoms with Crippen molar-refractivity contribution in [1.29, 1.82) is 0 Å². The Balaban J connectivity index is 0.000000872. The third-order valence-electron chi connectivity index (χ3n) is 6.80. The summed E-state index contributed by atoms with van der Waals surface area (Å²) in [4.78, 5) is 70.2. The molecule has 1 saturated heterocycles. The Bertz CT molecular complexity index is 1520. The van der Waals surface area contributed by atoms with Crippen LogP contribution in [0.15, 0.2) is 24.4 Å². The van der Waals surface area contributed by atoms with Gasteiger partial charge in [-0.25, -0.2) is 9.48 Å². The molecule has 4 N–H and O–H groups in total. The van der Waals surface area contributed by atoms with Crippen LogP contribution in [-0.2, 0) is 51.2 Å². The summed E-state index contributed by atoms with van der Waals surface area (Å²) in [7, 11) is 0. The normalized spacial score (nSPS) is 15.7. The van der Waals surface area contributed by atoms with Gasteiger partial charge >= 0.3 is 18.1 Å². The number of nitrogens with one attached hydrogen (secondary N) is 2. The molecule has 0 aliphatic carbocycles. The number of anilines is 1. The van der Waals surface area contributed by atoms with Crippen LogP contribution in [-0.4, -0.2) is 131 Å². The molecule has 2 aromatic rings. The Hall–Kier alpha value is -4.99. The number of carboxylic acids is 2. The number of carboxylic acid groups (broad SMARTS) is 2. The fraction of sp³-hybridized carbons (Fsp3) is 0.517. The van der Waals surface area contributed by atoms with Crippen LogP contribution in [0.1, 0.15) is 45.7 Å². The lowest BCUT2D eigenvalue weighted by atomic mass is 10.0. The van der Waals surface area contributed by atoms with Crippen molar-refractivity contribution in [2.45, 2.75) is 44.6 Å². The molecule has 0 radical (unpaired) electrons. The van der Waals surface area contributed by atoms with E-state index >= 15 is 0 Å². The van der Waals surface area contributed by atoms with Gasteiger partial charge in [0.1, 0.15) is 11.7 Å². The molecule has 1 unspecified atom stereocenters. The van der Waals surface area contributed by atoms with Gasteiger partial charge in [0.05, 0.1) is 89.7 Å². The smallest absolute Gasteiger partial charge is 0.481 e. The molecule has 274 valence electrons. The number of hydrogen-bond acceptors (Lipinski definition) is 13. The van der Waals surface area contributed by atoms with Crippen molar-refractivity contribution >= 4 is 41.3 Å². The summed E-state index contributed by atoms with van der Waals surface area (Å²) in [6.07, 6.45) is -3.24. The summed E-state index contributed by atoms with van der Waals surface area (Å²) in [5.74, 6) is -5.90. The first-order valence-electron chi connectivity index (χ1n) is 15.1. The van der Waals surface area contributed by atoms with Gasteiger partial charge in [-0.3, -0.25) is 34.2 Å². The molecule has 2 aliphatic rings. The van der Waals surface area contributed by atoms with Crippen LogP contribution in [0.25, 0.3) is 0 Å². The fourth-order valence-electron chi connectivity index (χ4n) is 4.46. The number of piperidine rings is 1. The van der Waals surface area contributed by atoms with Gasteiger partial charge in [-0.15, -0.1) is 5.10 Å². The number of benzene rings is 1. The summed E-state index contributed by atoms with van der Waals surface area (Å²) in [5.41, 5.74) is 1.40. The molecule has 1 atom stereocenters. The zero-order valence-corrected chi connectivity index (χ0v) is 26.5. The average molecular weight is 717 g/mol. The topological polar surface area (TPSA) is 238 Å². The first-order valence-corrected chi connectivity index (χ1v) is 15.1. The molecule has 1 aromatic heterocycles. The van der Waals surface area contributed by atoms with Crippen LogP contribution in [0.3, 0.4) is 0 Å². The Morgan fingerprint density at radius 1 is 0.920 bits per heavy atom. The van der Waals surface area contributed by atoms with E-state index in [4.69, 9.17) is 34.0 Å². The predicted molar refractivity (Wildman–Crippen MR) is 160 cm³/mol. The average Bonchev–Trinajstić information content (AvgIpc) is 3.61. The van der Waals surface area contributed by atoms with E-state index in [1.165, 1.54) is 6.07 Å².